The van der Waals surface area contributed by atoms with Crippen LogP contribution >= 0.6 is 0 Å². The van der Waals surface area contributed by atoms with Gasteiger partial charge in [0.25, 0.3) is 5.78 Å². The molecular weight excluding hydrogens is 190 g/mol. The Bertz CT molecular complexity index is 568. The molecule has 0 spiro atoms. The summed E-state index contributed by atoms with van der Waals surface area (Å²) in [4.78, 5) is 28.5. The summed E-state index contributed by atoms with van der Waals surface area (Å²) in [5, 5.41) is 12.9. The number of aryl methyl sites for hydroxylation is 1. The van der Waals surface area contributed by atoms with Gasteiger partial charge < -0.3 is 0 Å². The van der Waals surface area contributed by atoms with E-state index in [9.17, 15) is 14.9 Å². The average molecular weight is 195 g/mol. The van der Waals surface area contributed by atoms with Crippen molar-refractivity contribution in [2.24, 2.45) is 0 Å². The van der Waals surface area contributed by atoms with Crippen molar-refractivity contribution in [3.05, 3.63) is 32.5 Å². The lowest BCUT2D eigenvalue weighted by Gasteiger charge is -1.90. The molecule has 0 bridgehead atoms. The first-order chi connectivity index (χ1) is 6.59. The molecule has 2 rings (SSSR count). The molecule has 8 nitrogen and oxygen atoms in total. The first-order valence-electron chi connectivity index (χ1n) is 3.68. The maximum atomic E-state index is 11.4. The van der Waals surface area contributed by atoms with Crippen LogP contribution in [0.1, 0.15) is 5.82 Å². The van der Waals surface area contributed by atoms with E-state index in [4.69, 9.17) is 0 Å². The van der Waals surface area contributed by atoms with Crippen LogP contribution in [0.15, 0.2) is 11.0 Å². The Morgan fingerprint density at radius 2 is 2.36 bits per heavy atom. The Labute approximate surface area is 76.4 Å². The van der Waals surface area contributed by atoms with Crippen molar-refractivity contribution in [2.45, 2.75) is 6.92 Å². The van der Waals surface area contributed by atoms with Crippen LogP contribution in [0.2, 0.25) is 0 Å². The van der Waals surface area contributed by atoms with Gasteiger partial charge >= 0.3 is 11.2 Å². The highest BCUT2D eigenvalue weighted by molar-refractivity contribution is 5.33. The number of rotatable bonds is 1. The lowest BCUT2D eigenvalue weighted by molar-refractivity contribution is -0.386. The lowest BCUT2D eigenvalue weighted by Crippen LogP contribution is -2.18. The van der Waals surface area contributed by atoms with Crippen molar-refractivity contribution in [1.82, 2.24) is 19.6 Å². The Morgan fingerprint density at radius 3 is 3.00 bits per heavy atom. The molecule has 14 heavy (non-hydrogen) atoms. The summed E-state index contributed by atoms with van der Waals surface area (Å²) in [5.41, 5.74) is -1.34. The zero-order valence-electron chi connectivity index (χ0n) is 7.09. The molecule has 0 atom stereocenters. The topological polar surface area (TPSA) is 106 Å². The van der Waals surface area contributed by atoms with Crippen LogP contribution in [0.25, 0.3) is 5.78 Å². The van der Waals surface area contributed by atoms with Gasteiger partial charge in [0.15, 0.2) is 0 Å². The van der Waals surface area contributed by atoms with E-state index in [0.717, 1.165) is 10.7 Å². The summed E-state index contributed by atoms with van der Waals surface area (Å²) in [6, 6.07) is 0. The number of hydrogen-bond acceptors (Lipinski definition) is 5. The van der Waals surface area contributed by atoms with Crippen molar-refractivity contribution in [2.75, 3.05) is 0 Å². The summed E-state index contributed by atoms with van der Waals surface area (Å²) in [6.45, 7) is 1.62. The van der Waals surface area contributed by atoms with Gasteiger partial charge in [-0.05, 0) is 6.92 Å². The molecule has 0 aliphatic carbocycles. The SMILES string of the molecule is Cc1nc2ncc([N+](=O)[O-])c(=O)n2[nH]1. The molecule has 0 aliphatic rings. The monoisotopic (exact) mass is 195 g/mol. The Hall–Kier alpha value is -2.25. The van der Waals surface area contributed by atoms with Crippen molar-refractivity contribution in [3.63, 3.8) is 0 Å². The van der Waals surface area contributed by atoms with Crippen LogP contribution in [-0.2, 0) is 0 Å². The molecular formula is C6H5N5O3. The quantitative estimate of drug-likeness (QED) is 0.493. The summed E-state index contributed by atoms with van der Waals surface area (Å²) >= 11 is 0. The third-order valence-electron chi connectivity index (χ3n) is 1.66. The van der Waals surface area contributed by atoms with Crippen LogP contribution in [0.3, 0.4) is 0 Å². The predicted octanol–water partition coefficient (Wildman–Crippen LogP) is -0.366. The number of nitrogens with one attached hydrogen (secondary N) is 1. The van der Waals surface area contributed by atoms with Gasteiger partial charge in [-0.25, -0.2) is 4.98 Å². The maximum absolute atomic E-state index is 11.4. The number of aromatic nitrogens is 4. The minimum Gasteiger partial charge on any atom is -0.275 e. The minimum atomic E-state index is -0.780. The third kappa shape index (κ3) is 1.04. The van der Waals surface area contributed by atoms with E-state index in [-0.39, 0.29) is 5.78 Å². The predicted molar refractivity (Wildman–Crippen MR) is 45.0 cm³/mol. The standard InChI is InChI=1S/C6H5N5O3/c1-3-8-6-7-2-4(11(13)14)5(12)10(6)9-3/h2H,1H3,(H,7,8,9). The molecule has 0 amide bonds. The number of H-pyrrole nitrogens is 1. The molecule has 0 aromatic carbocycles. The van der Waals surface area contributed by atoms with Gasteiger partial charge in [-0.3, -0.25) is 20.0 Å². The van der Waals surface area contributed by atoms with Crippen LogP contribution in [-0.4, -0.2) is 24.5 Å². The fourth-order valence-electron chi connectivity index (χ4n) is 1.08. The van der Waals surface area contributed by atoms with Crippen molar-refractivity contribution in [1.29, 1.82) is 0 Å². The smallest absolute Gasteiger partial charge is 0.275 e. The third-order valence-corrected chi connectivity index (χ3v) is 1.66. The van der Waals surface area contributed by atoms with E-state index >= 15 is 0 Å². The molecule has 0 aliphatic heterocycles. The Morgan fingerprint density at radius 1 is 1.64 bits per heavy atom. The highest BCUT2D eigenvalue weighted by atomic mass is 16.6. The minimum absolute atomic E-state index is 0.123. The normalized spacial score (nSPS) is 10.6. The largest absolute Gasteiger partial charge is 0.354 e. The van der Waals surface area contributed by atoms with Crippen LogP contribution in [0, 0.1) is 17.0 Å². The fourth-order valence-corrected chi connectivity index (χ4v) is 1.08. The number of fused-ring (bicyclic) bond motifs is 1. The Balaban J connectivity index is 2.88. The highest BCUT2D eigenvalue weighted by Crippen LogP contribution is 2.01. The maximum Gasteiger partial charge on any atom is 0.354 e. The van der Waals surface area contributed by atoms with Gasteiger partial charge in [0.05, 0.1) is 4.92 Å². The van der Waals surface area contributed by atoms with Crippen LogP contribution < -0.4 is 5.56 Å². The molecule has 72 valence electrons. The number of aromatic amines is 1. The average Bonchev–Trinajstić information content (AvgIpc) is 2.46. The summed E-state index contributed by atoms with van der Waals surface area (Å²) in [7, 11) is 0. The van der Waals surface area contributed by atoms with Gasteiger partial charge in [0.1, 0.15) is 12.0 Å². The van der Waals surface area contributed by atoms with Crippen molar-refractivity contribution < 1.29 is 4.92 Å². The van der Waals surface area contributed by atoms with Crippen LogP contribution in [0.5, 0.6) is 0 Å². The second kappa shape index (κ2) is 2.62. The summed E-state index contributed by atoms with van der Waals surface area (Å²) in [6.07, 6.45) is 0.901. The first-order valence-corrected chi connectivity index (χ1v) is 3.68. The van der Waals surface area contributed by atoms with Crippen molar-refractivity contribution >= 4 is 11.5 Å². The second-order valence-electron chi connectivity index (χ2n) is 2.65. The number of hydrogen-bond donors (Lipinski definition) is 1. The molecule has 2 aromatic heterocycles. The number of nitro groups is 1. The zero-order chi connectivity index (χ0) is 10.3. The fraction of sp³-hybridized carbons (Fsp3) is 0.167. The Kier molecular flexibility index (Phi) is 1.56. The zero-order valence-corrected chi connectivity index (χ0v) is 7.09. The second-order valence-corrected chi connectivity index (χ2v) is 2.65. The number of nitrogens with zero attached hydrogens (tertiary/aromatic N) is 4. The van der Waals surface area contributed by atoms with E-state index in [1.54, 1.807) is 6.92 Å². The first kappa shape index (κ1) is 8.35. The van der Waals surface area contributed by atoms with E-state index in [2.05, 4.69) is 15.1 Å². The van der Waals surface area contributed by atoms with E-state index in [1.807, 2.05) is 0 Å². The van der Waals surface area contributed by atoms with Gasteiger partial charge in [-0.2, -0.15) is 9.50 Å². The van der Waals surface area contributed by atoms with E-state index < -0.39 is 16.2 Å². The van der Waals surface area contributed by atoms with E-state index in [0.29, 0.717) is 5.82 Å². The molecule has 0 unspecified atom stereocenters. The van der Waals surface area contributed by atoms with Crippen LogP contribution in [0.4, 0.5) is 5.69 Å². The molecule has 0 saturated carbocycles. The highest BCUT2D eigenvalue weighted by Gasteiger charge is 2.16. The lowest BCUT2D eigenvalue weighted by atomic mass is 10.5. The summed E-state index contributed by atoms with van der Waals surface area (Å²) in [5.74, 6) is 0.591. The molecule has 2 heterocycles. The van der Waals surface area contributed by atoms with Gasteiger partial charge in [-0.15, -0.1) is 0 Å². The molecule has 0 fully saturated rings. The molecule has 0 saturated heterocycles. The summed E-state index contributed by atoms with van der Waals surface area (Å²) < 4.78 is 0.938. The molecule has 8 heteroatoms. The molecule has 2 aromatic rings. The van der Waals surface area contributed by atoms with Gasteiger partial charge in [0, 0.05) is 0 Å². The van der Waals surface area contributed by atoms with Gasteiger partial charge in [-0.1, -0.05) is 0 Å². The molecule has 1 N–H and O–H groups in total. The molecule has 0 radical (unpaired) electrons. The van der Waals surface area contributed by atoms with Gasteiger partial charge in [0.2, 0.25) is 0 Å². The van der Waals surface area contributed by atoms with Crippen molar-refractivity contribution in [3.8, 4) is 0 Å². The van der Waals surface area contributed by atoms with E-state index in [1.165, 1.54) is 0 Å².